The number of carbonyl (C=O) groups is 2. The Balaban J connectivity index is 2.13. The van der Waals surface area contributed by atoms with Gasteiger partial charge < -0.3 is 10.0 Å². The number of hydrogen-bond donors (Lipinski definition) is 1. The van der Waals surface area contributed by atoms with Gasteiger partial charge in [-0.3, -0.25) is 9.59 Å². The maximum Gasteiger partial charge on any atom is 0.238 e. The van der Waals surface area contributed by atoms with Crippen LogP contribution < -0.4 is 0 Å². The molecule has 1 aromatic carbocycles. The summed E-state index contributed by atoms with van der Waals surface area (Å²) in [5, 5.41) is 10.4. The standard InChI is InChI=1S/C18H20ClNO3/c1-11-8-14(21)17(15(22)9-11)18-13-5-3-2-4-12(13)6-7-20(18)16(23)10-19/h2-5,11,18,21H,6-10H2,1H3/t11-,18-/m1/s1. The molecule has 1 heterocycles. The number of alkyl halides is 1. The van der Waals surface area contributed by atoms with Gasteiger partial charge in [0.15, 0.2) is 5.78 Å². The Labute approximate surface area is 140 Å². The maximum absolute atomic E-state index is 12.6. The predicted octanol–water partition coefficient (Wildman–Crippen LogP) is 3.16. The van der Waals surface area contributed by atoms with E-state index < -0.39 is 6.04 Å². The number of aliphatic hydroxyl groups is 1. The summed E-state index contributed by atoms with van der Waals surface area (Å²) >= 11 is 5.76. The highest BCUT2D eigenvalue weighted by Crippen LogP contribution is 2.40. The number of ketones is 1. The monoisotopic (exact) mass is 333 g/mol. The second-order valence-corrected chi connectivity index (χ2v) is 6.64. The molecule has 1 N–H and O–H groups in total. The van der Waals surface area contributed by atoms with Crippen LogP contribution in [0.3, 0.4) is 0 Å². The van der Waals surface area contributed by atoms with E-state index in [9.17, 15) is 14.7 Å². The average Bonchev–Trinajstić information content (AvgIpc) is 2.53. The lowest BCUT2D eigenvalue weighted by molar-refractivity contribution is -0.131. The third-order valence-electron chi connectivity index (χ3n) is 4.68. The molecular formula is C18H20ClNO3. The molecule has 5 heteroatoms. The number of benzene rings is 1. The Morgan fingerprint density at radius 3 is 2.78 bits per heavy atom. The summed E-state index contributed by atoms with van der Waals surface area (Å²) in [7, 11) is 0. The molecule has 3 rings (SSSR count). The zero-order chi connectivity index (χ0) is 16.6. The van der Waals surface area contributed by atoms with Crippen molar-refractivity contribution < 1.29 is 14.7 Å². The minimum atomic E-state index is -0.522. The quantitative estimate of drug-likeness (QED) is 0.846. The molecule has 0 bridgehead atoms. The molecule has 122 valence electrons. The van der Waals surface area contributed by atoms with Crippen LogP contribution in [0.2, 0.25) is 0 Å². The Bertz CT molecular complexity index is 683. The summed E-state index contributed by atoms with van der Waals surface area (Å²) in [4.78, 5) is 26.5. The van der Waals surface area contributed by atoms with Crippen molar-refractivity contribution in [3.63, 3.8) is 0 Å². The number of halogens is 1. The fraction of sp³-hybridized carbons (Fsp3) is 0.444. The van der Waals surface area contributed by atoms with Gasteiger partial charge in [0.2, 0.25) is 5.91 Å². The number of rotatable bonds is 2. The van der Waals surface area contributed by atoms with Crippen LogP contribution in [-0.4, -0.2) is 34.1 Å². The number of nitrogens with zero attached hydrogens (tertiary/aromatic N) is 1. The average molecular weight is 334 g/mol. The molecule has 1 aliphatic carbocycles. The van der Waals surface area contributed by atoms with Gasteiger partial charge in [0.05, 0.1) is 11.6 Å². The van der Waals surface area contributed by atoms with E-state index in [0.717, 1.165) is 17.5 Å². The normalized spacial score (nSPS) is 24.6. The lowest BCUT2D eigenvalue weighted by Crippen LogP contribution is -2.43. The summed E-state index contributed by atoms with van der Waals surface area (Å²) in [5.74, 6) is -0.171. The maximum atomic E-state index is 12.6. The van der Waals surface area contributed by atoms with Gasteiger partial charge in [-0.1, -0.05) is 31.2 Å². The predicted molar refractivity (Wildman–Crippen MR) is 88.4 cm³/mol. The van der Waals surface area contributed by atoms with E-state index in [1.807, 2.05) is 31.2 Å². The van der Waals surface area contributed by atoms with Crippen LogP contribution in [0.15, 0.2) is 35.6 Å². The number of aliphatic hydroxyl groups excluding tert-OH is 1. The number of amides is 1. The molecule has 0 unspecified atom stereocenters. The van der Waals surface area contributed by atoms with Crippen LogP contribution in [0.1, 0.15) is 36.9 Å². The van der Waals surface area contributed by atoms with E-state index >= 15 is 0 Å². The summed E-state index contributed by atoms with van der Waals surface area (Å²) in [6, 6.07) is 7.27. The Morgan fingerprint density at radius 2 is 2.09 bits per heavy atom. The van der Waals surface area contributed by atoms with Crippen molar-refractivity contribution in [3.05, 3.63) is 46.7 Å². The number of hydrogen-bond acceptors (Lipinski definition) is 3. The van der Waals surface area contributed by atoms with E-state index in [0.29, 0.717) is 25.0 Å². The van der Waals surface area contributed by atoms with Crippen molar-refractivity contribution in [3.8, 4) is 0 Å². The van der Waals surface area contributed by atoms with Gasteiger partial charge in [-0.15, -0.1) is 11.6 Å². The van der Waals surface area contributed by atoms with E-state index in [1.54, 1.807) is 4.90 Å². The molecule has 1 aliphatic heterocycles. The van der Waals surface area contributed by atoms with E-state index in [2.05, 4.69) is 0 Å². The van der Waals surface area contributed by atoms with Gasteiger partial charge in [0, 0.05) is 19.4 Å². The SMILES string of the molecule is C[C@H]1CC(=O)C([C@H]2c3ccccc3CCN2C(=O)CCl)=C(O)C1. The summed E-state index contributed by atoms with van der Waals surface area (Å²) in [5.41, 5.74) is 2.40. The van der Waals surface area contributed by atoms with Crippen molar-refractivity contribution in [2.75, 3.05) is 12.4 Å². The molecule has 2 aliphatic rings. The van der Waals surface area contributed by atoms with E-state index in [-0.39, 0.29) is 29.2 Å². The fourth-order valence-corrected chi connectivity index (χ4v) is 3.79. The molecule has 23 heavy (non-hydrogen) atoms. The Hall–Kier alpha value is -1.81. The molecule has 1 amide bonds. The van der Waals surface area contributed by atoms with Crippen molar-refractivity contribution in [1.82, 2.24) is 4.90 Å². The van der Waals surface area contributed by atoms with Crippen LogP contribution in [0.4, 0.5) is 0 Å². The highest BCUT2D eigenvalue weighted by atomic mass is 35.5. The third-order valence-corrected chi connectivity index (χ3v) is 4.91. The summed E-state index contributed by atoms with van der Waals surface area (Å²) in [6.07, 6.45) is 1.61. The summed E-state index contributed by atoms with van der Waals surface area (Å²) < 4.78 is 0. The van der Waals surface area contributed by atoms with Gasteiger partial charge in [-0.25, -0.2) is 0 Å². The zero-order valence-corrected chi connectivity index (χ0v) is 13.8. The minimum absolute atomic E-state index is 0.0738. The first kappa shape index (κ1) is 16.1. The van der Waals surface area contributed by atoms with Crippen LogP contribution >= 0.6 is 11.6 Å². The first-order chi connectivity index (χ1) is 11.0. The topological polar surface area (TPSA) is 57.6 Å². The van der Waals surface area contributed by atoms with Crippen LogP contribution in [0.5, 0.6) is 0 Å². The molecule has 0 fully saturated rings. The third kappa shape index (κ3) is 2.88. The van der Waals surface area contributed by atoms with Crippen molar-refractivity contribution in [1.29, 1.82) is 0 Å². The lowest BCUT2D eigenvalue weighted by atomic mass is 9.79. The number of allylic oxidation sites excluding steroid dienone is 1. The van der Waals surface area contributed by atoms with Crippen molar-refractivity contribution in [2.45, 2.75) is 32.2 Å². The smallest absolute Gasteiger partial charge is 0.238 e. The second kappa shape index (κ2) is 6.36. The van der Waals surface area contributed by atoms with Crippen molar-refractivity contribution in [2.24, 2.45) is 5.92 Å². The molecule has 0 saturated heterocycles. The van der Waals surface area contributed by atoms with Gasteiger partial charge in [0.25, 0.3) is 0 Å². The van der Waals surface area contributed by atoms with Gasteiger partial charge in [0.1, 0.15) is 11.6 Å². The molecule has 0 saturated carbocycles. The molecule has 1 aromatic rings. The zero-order valence-electron chi connectivity index (χ0n) is 13.1. The molecule has 2 atom stereocenters. The minimum Gasteiger partial charge on any atom is -0.512 e. The number of fused-ring (bicyclic) bond motifs is 1. The second-order valence-electron chi connectivity index (χ2n) is 6.37. The van der Waals surface area contributed by atoms with Gasteiger partial charge in [-0.05, 0) is 23.5 Å². The first-order valence-corrected chi connectivity index (χ1v) is 8.44. The number of Topliss-reactive ketones (excluding diaryl/α,β-unsaturated/α-hetero) is 1. The molecule has 0 aromatic heterocycles. The summed E-state index contributed by atoms with van der Waals surface area (Å²) in [6.45, 7) is 2.45. The first-order valence-electron chi connectivity index (χ1n) is 7.91. The molecule has 4 nitrogen and oxygen atoms in total. The fourth-order valence-electron chi connectivity index (χ4n) is 3.63. The van der Waals surface area contributed by atoms with Gasteiger partial charge >= 0.3 is 0 Å². The molecular weight excluding hydrogens is 314 g/mol. The van der Waals surface area contributed by atoms with E-state index in [1.165, 1.54) is 0 Å². The van der Waals surface area contributed by atoms with Gasteiger partial charge in [-0.2, -0.15) is 0 Å². The Morgan fingerprint density at radius 1 is 1.35 bits per heavy atom. The molecule has 0 spiro atoms. The van der Waals surface area contributed by atoms with Crippen molar-refractivity contribution >= 4 is 23.3 Å². The Kier molecular flexibility index (Phi) is 4.44. The number of carbonyl (C=O) groups excluding carboxylic acids is 2. The van der Waals surface area contributed by atoms with Crippen LogP contribution in [-0.2, 0) is 16.0 Å². The van der Waals surface area contributed by atoms with Crippen LogP contribution in [0.25, 0.3) is 0 Å². The highest BCUT2D eigenvalue weighted by Gasteiger charge is 2.39. The molecule has 0 radical (unpaired) electrons. The highest BCUT2D eigenvalue weighted by molar-refractivity contribution is 6.27. The largest absolute Gasteiger partial charge is 0.512 e. The van der Waals surface area contributed by atoms with E-state index in [4.69, 9.17) is 11.6 Å². The lowest BCUT2D eigenvalue weighted by Gasteiger charge is -2.39. The van der Waals surface area contributed by atoms with Crippen LogP contribution in [0, 0.1) is 5.92 Å².